The molecular weight excluding hydrogens is 445 g/mol. The highest BCUT2D eigenvalue weighted by atomic mass is 127. The molecule has 0 amide bonds. The predicted molar refractivity (Wildman–Crippen MR) is 113 cm³/mol. The number of piperidine rings is 1. The molecule has 2 aromatic rings. The summed E-state index contributed by atoms with van der Waals surface area (Å²) in [7, 11) is 3.23. The number of methoxy groups -OCH3 is 1. The highest BCUT2D eigenvalue weighted by molar-refractivity contribution is 14.0. The zero-order valence-corrected chi connectivity index (χ0v) is 17.8. The SMILES string of the molecule is CN=C(NCc1oc2ccccc2c1C)N1CCC(C(=O)OC)CC1.I. The van der Waals surface area contributed by atoms with Gasteiger partial charge in [0.05, 0.1) is 19.6 Å². The number of fused-ring (bicyclic) bond motifs is 1. The summed E-state index contributed by atoms with van der Waals surface area (Å²) in [6.07, 6.45) is 1.58. The quantitative estimate of drug-likeness (QED) is 0.322. The highest BCUT2D eigenvalue weighted by Gasteiger charge is 2.27. The van der Waals surface area contributed by atoms with E-state index in [1.165, 1.54) is 7.11 Å². The molecule has 1 aliphatic heterocycles. The van der Waals surface area contributed by atoms with Crippen molar-refractivity contribution in [3.8, 4) is 0 Å². The lowest BCUT2D eigenvalue weighted by atomic mass is 9.97. The van der Waals surface area contributed by atoms with Crippen LogP contribution in [0.25, 0.3) is 11.0 Å². The minimum atomic E-state index is -0.111. The number of aryl methyl sites for hydroxylation is 1. The van der Waals surface area contributed by atoms with Gasteiger partial charge in [0.25, 0.3) is 0 Å². The Labute approximate surface area is 171 Å². The fourth-order valence-corrected chi connectivity index (χ4v) is 3.38. The van der Waals surface area contributed by atoms with E-state index in [1.54, 1.807) is 7.05 Å². The fourth-order valence-electron chi connectivity index (χ4n) is 3.38. The number of para-hydroxylation sites is 1. The molecule has 0 saturated carbocycles. The second kappa shape index (κ2) is 9.25. The van der Waals surface area contributed by atoms with Gasteiger partial charge in [-0.25, -0.2) is 0 Å². The highest BCUT2D eigenvalue weighted by Crippen LogP contribution is 2.25. The van der Waals surface area contributed by atoms with E-state index in [1.807, 2.05) is 18.2 Å². The van der Waals surface area contributed by atoms with Crippen molar-refractivity contribution >= 4 is 46.9 Å². The molecular formula is C19H26IN3O3. The Kier molecular flexibility index (Phi) is 7.31. The lowest BCUT2D eigenvalue weighted by Crippen LogP contribution is -2.46. The van der Waals surface area contributed by atoms with Gasteiger partial charge in [-0.1, -0.05) is 18.2 Å². The smallest absolute Gasteiger partial charge is 0.308 e. The molecule has 26 heavy (non-hydrogen) atoms. The van der Waals surface area contributed by atoms with Gasteiger partial charge in [0.2, 0.25) is 0 Å². The van der Waals surface area contributed by atoms with Gasteiger partial charge in [0, 0.05) is 31.1 Å². The maximum Gasteiger partial charge on any atom is 0.308 e. The number of likely N-dealkylation sites (tertiary alicyclic amines) is 1. The number of nitrogens with zero attached hydrogens (tertiary/aromatic N) is 2. The van der Waals surface area contributed by atoms with E-state index in [-0.39, 0.29) is 35.9 Å². The molecule has 0 bridgehead atoms. The van der Waals surface area contributed by atoms with Crippen molar-refractivity contribution in [3.63, 3.8) is 0 Å². The van der Waals surface area contributed by atoms with Gasteiger partial charge < -0.3 is 19.4 Å². The zero-order chi connectivity index (χ0) is 17.8. The Morgan fingerprint density at radius 1 is 1.35 bits per heavy atom. The summed E-state index contributed by atoms with van der Waals surface area (Å²) in [5.41, 5.74) is 2.06. The van der Waals surface area contributed by atoms with Crippen molar-refractivity contribution in [2.45, 2.75) is 26.3 Å². The van der Waals surface area contributed by atoms with E-state index < -0.39 is 0 Å². The minimum absolute atomic E-state index is 0. The van der Waals surface area contributed by atoms with Gasteiger partial charge in [-0.3, -0.25) is 9.79 Å². The number of ether oxygens (including phenoxy) is 1. The summed E-state index contributed by atoms with van der Waals surface area (Å²) in [5, 5.41) is 4.53. The lowest BCUT2D eigenvalue weighted by molar-refractivity contribution is -0.146. The summed E-state index contributed by atoms with van der Waals surface area (Å²) in [4.78, 5) is 18.2. The van der Waals surface area contributed by atoms with Crippen molar-refractivity contribution in [2.75, 3.05) is 27.2 Å². The second-order valence-electron chi connectivity index (χ2n) is 6.33. The van der Waals surface area contributed by atoms with Gasteiger partial charge >= 0.3 is 5.97 Å². The molecule has 142 valence electrons. The summed E-state index contributed by atoms with van der Waals surface area (Å²) >= 11 is 0. The van der Waals surface area contributed by atoms with Crippen LogP contribution >= 0.6 is 24.0 Å². The van der Waals surface area contributed by atoms with Crippen LogP contribution in [0.5, 0.6) is 0 Å². The predicted octanol–water partition coefficient (Wildman–Crippen LogP) is 3.32. The Morgan fingerprint density at radius 3 is 2.65 bits per heavy atom. The van der Waals surface area contributed by atoms with E-state index in [4.69, 9.17) is 9.15 Å². The number of carbonyl (C=O) groups excluding carboxylic acids is 1. The van der Waals surface area contributed by atoms with E-state index >= 15 is 0 Å². The van der Waals surface area contributed by atoms with Crippen LogP contribution < -0.4 is 5.32 Å². The largest absolute Gasteiger partial charge is 0.469 e. The first-order chi connectivity index (χ1) is 12.1. The molecule has 1 fully saturated rings. The summed E-state index contributed by atoms with van der Waals surface area (Å²) in [5.74, 6) is 1.65. The first-order valence-corrected chi connectivity index (χ1v) is 8.64. The van der Waals surface area contributed by atoms with Crippen LogP contribution in [0.1, 0.15) is 24.2 Å². The molecule has 1 aromatic heterocycles. The van der Waals surface area contributed by atoms with Crippen LogP contribution in [0, 0.1) is 12.8 Å². The molecule has 7 heteroatoms. The number of guanidine groups is 1. The second-order valence-corrected chi connectivity index (χ2v) is 6.33. The van der Waals surface area contributed by atoms with Crippen LogP contribution in [0.4, 0.5) is 0 Å². The Bertz CT molecular complexity index is 779. The molecule has 0 aliphatic carbocycles. The number of nitrogens with one attached hydrogen (secondary N) is 1. The molecule has 1 aliphatic rings. The average molecular weight is 471 g/mol. The number of halogens is 1. The summed E-state index contributed by atoms with van der Waals surface area (Å²) in [6, 6.07) is 8.06. The molecule has 2 heterocycles. The van der Waals surface area contributed by atoms with Crippen molar-refractivity contribution in [2.24, 2.45) is 10.9 Å². The van der Waals surface area contributed by atoms with Crippen molar-refractivity contribution in [1.29, 1.82) is 0 Å². The van der Waals surface area contributed by atoms with Crippen LogP contribution in [-0.4, -0.2) is 44.1 Å². The molecule has 1 saturated heterocycles. The zero-order valence-electron chi connectivity index (χ0n) is 15.4. The van der Waals surface area contributed by atoms with Crippen LogP contribution in [0.15, 0.2) is 33.7 Å². The molecule has 6 nitrogen and oxygen atoms in total. The minimum Gasteiger partial charge on any atom is -0.469 e. The molecule has 0 atom stereocenters. The topological polar surface area (TPSA) is 67.1 Å². The van der Waals surface area contributed by atoms with E-state index in [0.29, 0.717) is 6.54 Å². The van der Waals surface area contributed by atoms with Crippen molar-refractivity contribution < 1.29 is 13.9 Å². The van der Waals surface area contributed by atoms with Crippen LogP contribution in [0.3, 0.4) is 0 Å². The third-order valence-corrected chi connectivity index (χ3v) is 4.89. The standard InChI is InChI=1S/C19H25N3O3.HI/c1-13-15-6-4-5-7-16(15)25-17(13)12-21-19(20-2)22-10-8-14(9-11-22)18(23)24-3;/h4-7,14H,8-12H2,1-3H3,(H,20,21);1H. The van der Waals surface area contributed by atoms with Gasteiger partial charge in [0.1, 0.15) is 11.3 Å². The maximum atomic E-state index is 11.6. The van der Waals surface area contributed by atoms with Gasteiger partial charge in [0.15, 0.2) is 5.96 Å². The van der Waals surface area contributed by atoms with Gasteiger partial charge in [-0.2, -0.15) is 0 Å². The average Bonchev–Trinajstić information content (AvgIpc) is 2.98. The summed E-state index contributed by atoms with van der Waals surface area (Å²) in [6.45, 7) is 4.24. The third-order valence-electron chi connectivity index (χ3n) is 4.89. The van der Waals surface area contributed by atoms with Crippen molar-refractivity contribution in [1.82, 2.24) is 10.2 Å². The molecule has 0 unspecified atom stereocenters. The molecule has 0 spiro atoms. The van der Waals surface area contributed by atoms with Gasteiger partial charge in [-0.15, -0.1) is 24.0 Å². The fraction of sp³-hybridized carbons (Fsp3) is 0.474. The first kappa shape index (κ1) is 20.5. The van der Waals surface area contributed by atoms with Crippen molar-refractivity contribution in [3.05, 3.63) is 35.6 Å². The molecule has 1 aromatic carbocycles. The number of hydrogen-bond donors (Lipinski definition) is 1. The van der Waals surface area contributed by atoms with Gasteiger partial charge in [-0.05, 0) is 25.8 Å². The molecule has 3 rings (SSSR count). The lowest BCUT2D eigenvalue weighted by Gasteiger charge is -2.33. The number of aliphatic imine (C=N–C) groups is 1. The Hall–Kier alpha value is -1.77. The molecule has 0 radical (unpaired) electrons. The number of esters is 1. The first-order valence-electron chi connectivity index (χ1n) is 8.64. The summed E-state index contributed by atoms with van der Waals surface area (Å²) < 4.78 is 10.8. The normalized spacial score (nSPS) is 15.7. The molecule has 1 N–H and O–H groups in total. The number of rotatable bonds is 3. The number of hydrogen-bond acceptors (Lipinski definition) is 4. The van der Waals surface area contributed by atoms with E-state index in [9.17, 15) is 4.79 Å². The Balaban J connectivity index is 0.00000243. The number of carbonyl (C=O) groups is 1. The number of furan rings is 1. The Morgan fingerprint density at radius 2 is 2.04 bits per heavy atom. The van der Waals surface area contributed by atoms with Crippen LogP contribution in [0.2, 0.25) is 0 Å². The number of benzene rings is 1. The monoisotopic (exact) mass is 471 g/mol. The van der Waals surface area contributed by atoms with E-state index in [0.717, 1.165) is 54.2 Å². The van der Waals surface area contributed by atoms with Crippen LogP contribution in [-0.2, 0) is 16.1 Å². The van der Waals surface area contributed by atoms with E-state index in [2.05, 4.69) is 28.2 Å². The maximum absolute atomic E-state index is 11.6. The third kappa shape index (κ3) is 4.31.